The summed E-state index contributed by atoms with van der Waals surface area (Å²) in [4.78, 5) is 16.4. The standard InChI is InChI=1S/C27H26Cl2N2O3/c1-33-25-10-8-18(13-26(25)34-2)21(22-16-31-24-6-4-3-5-20(22)24)15-27(32)30-12-11-17-7-9-19(28)14-23(17)29/h3-10,13-14,16,21,31H,11-12,15H2,1-2H3,(H,30,32)/t21-/m1/s1. The number of para-hydroxylation sites is 1. The highest BCUT2D eigenvalue weighted by Crippen LogP contribution is 2.37. The van der Waals surface area contributed by atoms with Crippen LogP contribution in [0.3, 0.4) is 0 Å². The van der Waals surface area contributed by atoms with Crippen molar-refractivity contribution < 1.29 is 14.3 Å². The first kappa shape index (κ1) is 24.0. The van der Waals surface area contributed by atoms with Crippen LogP contribution in [0.4, 0.5) is 0 Å². The minimum Gasteiger partial charge on any atom is -0.493 e. The Morgan fingerprint density at radius 3 is 2.56 bits per heavy atom. The molecule has 0 aliphatic rings. The average molecular weight is 497 g/mol. The van der Waals surface area contributed by atoms with Crippen LogP contribution < -0.4 is 14.8 Å². The number of methoxy groups -OCH3 is 2. The summed E-state index contributed by atoms with van der Waals surface area (Å²) < 4.78 is 10.9. The second kappa shape index (κ2) is 10.9. The highest BCUT2D eigenvalue weighted by atomic mass is 35.5. The van der Waals surface area contributed by atoms with E-state index >= 15 is 0 Å². The molecule has 1 amide bonds. The number of carbonyl (C=O) groups is 1. The van der Waals surface area contributed by atoms with Gasteiger partial charge in [-0.15, -0.1) is 0 Å². The van der Waals surface area contributed by atoms with Crippen LogP contribution in [0.15, 0.2) is 66.9 Å². The molecule has 3 aromatic carbocycles. The molecular weight excluding hydrogens is 471 g/mol. The number of ether oxygens (including phenoxy) is 2. The lowest BCUT2D eigenvalue weighted by molar-refractivity contribution is -0.121. The largest absolute Gasteiger partial charge is 0.493 e. The molecule has 4 aromatic rings. The molecule has 5 nitrogen and oxygen atoms in total. The van der Waals surface area contributed by atoms with Gasteiger partial charge >= 0.3 is 0 Å². The van der Waals surface area contributed by atoms with Crippen molar-refractivity contribution in [1.82, 2.24) is 10.3 Å². The Morgan fingerprint density at radius 2 is 1.79 bits per heavy atom. The number of hydrogen-bond acceptors (Lipinski definition) is 3. The molecular formula is C27H26Cl2N2O3. The number of hydrogen-bond donors (Lipinski definition) is 2. The third-order valence-electron chi connectivity index (χ3n) is 5.93. The number of fused-ring (bicyclic) bond motifs is 1. The topological polar surface area (TPSA) is 63.3 Å². The lowest BCUT2D eigenvalue weighted by Gasteiger charge is -2.19. The molecule has 0 aliphatic heterocycles. The van der Waals surface area contributed by atoms with Gasteiger partial charge in [0.2, 0.25) is 5.91 Å². The van der Waals surface area contributed by atoms with E-state index in [-0.39, 0.29) is 18.2 Å². The second-order valence-electron chi connectivity index (χ2n) is 8.00. The zero-order chi connectivity index (χ0) is 24.1. The third-order valence-corrected chi connectivity index (χ3v) is 6.51. The van der Waals surface area contributed by atoms with E-state index in [1.165, 1.54) is 0 Å². The summed E-state index contributed by atoms with van der Waals surface area (Å²) >= 11 is 12.2. The molecule has 0 saturated carbocycles. The molecule has 4 rings (SSSR count). The fourth-order valence-electron chi connectivity index (χ4n) is 4.18. The number of aromatic nitrogens is 1. The van der Waals surface area contributed by atoms with Gasteiger partial charge in [-0.05, 0) is 53.4 Å². The van der Waals surface area contributed by atoms with E-state index in [2.05, 4.69) is 16.4 Å². The average Bonchev–Trinajstić information content (AvgIpc) is 3.27. The maximum atomic E-state index is 13.0. The molecule has 1 atom stereocenters. The molecule has 0 saturated heterocycles. The fraction of sp³-hybridized carbons (Fsp3) is 0.222. The summed E-state index contributed by atoms with van der Waals surface area (Å²) in [5.41, 5.74) is 4.00. The van der Waals surface area contributed by atoms with Crippen molar-refractivity contribution in [3.63, 3.8) is 0 Å². The van der Waals surface area contributed by atoms with Crippen molar-refractivity contribution in [1.29, 1.82) is 0 Å². The van der Waals surface area contributed by atoms with E-state index in [0.717, 1.165) is 27.6 Å². The second-order valence-corrected chi connectivity index (χ2v) is 8.84. The van der Waals surface area contributed by atoms with Gasteiger partial charge < -0.3 is 19.8 Å². The maximum Gasteiger partial charge on any atom is 0.220 e. The summed E-state index contributed by atoms with van der Waals surface area (Å²) in [6.45, 7) is 0.479. The lowest BCUT2D eigenvalue weighted by Crippen LogP contribution is -2.27. The molecule has 0 unspecified atom stereocenters. The van der Waals surface area contributed by atoms with Gasteiger partial charge in [-0.2, -0.15) is 0 Å². The van der Waals surface area contributed by atoms with Gasteiger partial charge in [-0.1, -0.05) is 53.5 Å². The minimum atomic E-state index is -0.171. The van der Waals surface area contributed by atoms with Gasteiger partial charge in [0.1, 0.15) is 0 Å². The number of H-pyrrole nitrogens is 1. The number of benzene rings is 3. The number of amides is 1. The van der Waals surface area contributed by atoms with Crippen molar-refractivity contribution in [3.05, 3.63) is 93.6 Å². The molecule has 1 aromatic heterocycles. The van der Waals surface area contributed by atoms with Crippen molar-refractivity contribution >= 4 is 40.0 Å². The van der Waals surface area contributed by atoms with Crippen molar-refractivity contribution in [2.45, 2.75) is 18.8 Å². The lowest BCUT2D eigenvalue weighted by atomic mass is 9.87. The molecule has 1 heterocycles. The van der Waals surface area contributed by atoms with Gasteiger partial charge in [-0.3, -0.25) is 4.79 Å². The quantitative estimate of drug-likeness (QED) is 0.282. The van der Waals surface area contributed by atoms with E-state index in [9.17, 15) is 4.79 Å². The maximum absolute atomic E-state index is 13.0. The molecule has 0 radical (unpaired) electrons. The van der Waals surface area contributed by atoms with Crippen LogP contribution in [0.1, 0.15) is 29.0 Å². The molecule has 0 aliphatic carbocycles. The molecule has 34 heavy (non-hydrogen) atoms. The van der Waals surface area contributed by atoms with Gasteiger partial charge in [0.05, 0.1) is 14.2 Å². The number of carbonyl (C=O) groups excluding carboxylic acids is 1. The Kier molecular flexibility index (Phi) is 7.66. The summed E-state index contributed by atoms with van der Waals surface area (Å²) in [6.07, 6.45) is 2.88. The van der Waals surface area contributed by atoms with E-state index in [4.69, 9.17) is 32.7 Å². The zero-order valence-electron chi connectivity index (χ0n) is 19.0. The van der Waals surface area contributed by atoms with Crippen LogP contribution in [0, 0.1) is 0 Å². The third kappa shape index (κ3) is 5.32. The number of rotatable bonds is 9. The molecule has 0 fully saturated rings. The number of aromatic amines is 1. The van der Waals surface area contributed by atoms with Crippen molar-refractivity contribution in [2.24, 2.45) is 0 Å². The normalized spacial score (nSPS) is 11.9. The SMILES string of the molecule is COc1ccc([C@@H](CC(=O)NCCc2ccc(Cl)cc2Cl)c2c[nH]c3ccccc23)cc1OC. The molecule has 7 heteroatoms. The smallest absolute Gasteiger partial charge is 0.220 e. The Bertz CT molecular complexity index is 1300. The van der Waals surface area contributed by atoms with Crippen LogP contribution >= 0.6 is 23.2 Å². The Labute approximate surface area is 209 Å². The first-order chi connectivity index (χ1) is 16.5. The first-order valence-electron chi connectivity index (χ1n) is 11.0. The summed E-state index contributed by atoms with van der Waals surface area (Å²) in [7, 11) is 3.21. The molecule has 2 N–H and O–H groups in total. The van der Waals surface area contributed by atoms with E-state index in [0.29, 0.717) is 34.5 Å². The van der Waals surface area contributed by atoms with Gasteiger partial charge in [-0.25, -0.2) is 0 Å². The van der Waals surface area contributed by atoms with Crippen LogP contribution in [-0.2, 0) is 11.2 Å². The molecule has 176 valence electrons. The van der Waals surface area contributed by atoms with Crippen LogP contribution in [0.5, 0.6) is 11.5 Å². The van der Waals surface area contributed by atoms with E-state index < -0.39 is 0 Å². The number of nitrogens with one attached hydrogen (secondary N) is 2. The Hall–Kier alpha value is -3.15. The molecule has 0 bridgehead atoms. The molecule has 0 spiro atoms. The summed E-state index contributed by atoms with van der Waals surface area (Å²) in [5, 5.41) is 5.32. The predicted octanol–water partition coefficient (Wildman–Crippen LogP) is 6.37. The summed E-state index contributed by atoms with van der Waals surface area (Å²) in [5.74, 6) is 1.06. The van der Waals surface area contributed by atoms with Gasteiger partial charge in [0.25, 0.3) is 0 Å². The van der Waals surface area contributed by atoms with Gasteiger partial charge in [0.15, 0.2) is 11.5 Å². The number of halogens is 2. The van der Waals surface area contributed by atoms with E-state index in [1.54, 1.807) is 26.4 Å². The minimum absolute atomic E-state index is 0.0462. The Morgan fingerprint density at radius 1 is 1.00 bits per heavy atom. The summed E-state index contributed by atoms with van der Waals surface area (Å²) in [6, 6.07) is 19.3. The highest BCUT2D eigenvalue weighted by Gasteiger charge is 2.23. The van der Waals surface area contributed by atoms with Crippen LogP contribution in [-0.4, -0.2) is 31.7 Å². The predicted molar refractivity (Wildman–Crippen MR) is 137 cm³/mol. The first-order valence-corrected chi connectivity index (χ1v) is 11.7. The van der Waals surface area contributed by atoms with Gasteiger partial charge in [0, 0.05) is 46.0 Å². The monoisotopic (exact) mass is 496 g/mol. The van der Waals surface area contributed by atoms with Crippen LogP contribution in [0.2, 0.25) is 10.0 Å². The van der Waals surface area contributed by atoms with Crippen molar-refractivity contribution in [3.8, 4) is 11.5 Å². The fourth-order valence-corrected chi connectivity index (χ4v) is 4.68. The van der Waals surface area contributed by atoms with Crippen LogP contribution in [0.25, 0.3) is 10.9 Å². The Balaban J connectivity index is 1.56. The highest BCUT2D eigenvalue weighted by molar-refractivity contribution is 6.35. The van der Waals surface area contributed by atoms with E-state index in [1.807, 2.05) is 48.7 Å². The zero-order valence-corrected chi connectivity index (χ0v) is 20.5. The van der Waals surface area contributed by atoms with Crippen molar-refractivity contribution in [2.75, 3.05) is 20.8 Å².